The van der Waals surface area contributed by atoms with Crippen LogP contribution < -0.4 is 10.1 Å². The van der Waals surface area contributed by atoms with E-state index in [0.29, 0.717) is 0 Å². The van der Waals surface area contributed by atoms with Crippen molar-refractivity contribution in [2.75, 3.05) is 0 Å². The van der Waals surface area contributed by atoms with E-state index >= 15 is 0 Å². The van der Waals surface area contributed by atoms with Gasteiger partial charge < -0.3 is 10.1 Å². The van der Waals surface area contributed by atoms with Crippen molar-refractivity contribution in [1.29, 1.82) is 0 Å². The van der Waals surface area contributed by atoms with Crippen molar-refractivity contribution in [1.82, 2.24) is 15.3 Å². The molecule has 0 bridgehead atoms. The number of ether oxygens (including phenoxy) is 1. The Hall–Kier alpha value is -2.72. The zero-order valence-corrected chi connectivity index (χ0v) is 13.0. The minimum absolute atomic E-state index is 0.240. The Kier molecular flexibility index (Phi) is 4.96. The van der Waals surface area contributed by atoms with Gasteiger partial charge in [-0.2, -0.15) is 0 Å². The molecule has 2 heterocycles. The fraction of sp³-hybridized carbons (Fsp3) is 0.158. The normalized spacial score (nSPS) is 11.9. The van der Waals surface area contributed by atoms with Crippen molar-refractivity contribution < 1.29 is 4.74 Å². The second-order valence-corrected chi connectivity index (χ2v) is 5.28. The molecule has 3 rings (SSSR count). The zero-order chi connectivity index (χ0) is 15.9. The molecule has 1 aromatic carbocycles. The van der Waals surface area contributed by atoms with E-state index in [1.807, 2.05) is 54.9 Å². The Morgan fingerprint density at radius 3 is 2.57 bits per heavy atom. The van der Waals surface area contributed by atoms with Gasteiger partial charge in [-0.3, -0.25) is 9.97 Å². The molecular weight excluding hydrogens is 286 g/mol. The predicted molar refractivity (Wildman–Crippen MR) is 90.2 cm³/mol. The molecule has 1 atom stereocenters. The lowest BCUT2D eigenvalue weighted by atomic mass is 10.1. The number of rotatable bonds is 6. The maximum atomic E-state index is 5.93. The Labute approximate surface area is 136 Å². The van der Waals surface area contributed by atoms with Gasteiger partial charge in [0.05, 0.1) is 6.20 Å². The van der Waals surface area contributed by atoms with Crippen LogP contribution in [0.2, 0.25) is 0 Å². The van der Waals surface area contributed by atoms with Gasteiger partial charge in [-0.15, -0.1) is 0 Å². The topological polar surface area (TPSA) is 47.0 Å². The summed E-state index contributed by atoms with van der Waals surface area (Å²) < 4.78 is 5.93. The van der Waals surface area contributed by atoms with Crippen LogP contribution in [0.5, 0.6) is 11.5 Å². The highest BCUT2D eigenvalue weighted by Crippen LogP contribution is 2.25. The number of benzene rings is 1. The summed E-state index contributed by atoms with van der Waals surface area (Å²) in [7, 11) is 0. The summed E-state index contributed by atoms with van der Waals surface area (Å²) in [6, 6.07) is 16.1. The Morgan fingerprint density at radius 1 is 0.957 bits per heavy atom. The fourth-order valence-electron chi connectivity index (χ4n) is 2.32. The number of nitrogens with zero attached hydrogens (tertiary/aromatic N) is 2. The number of hydrogen-bond donors (Lipinski definition) is 1. The SMILES string of the molecule is CC(NCc1ccccc1Oc1cccnc1)c1ccncc1. The smallest absolute Gasteiger partial charge is 0.145 e. The van der Waals surface area contributed by atoms with E-state index in [1.165, 1.54) is 5.56 Å². The minimum Gasteiger partial charge on any atom is -0.455 e. The lowest BCUT2D eigenvalue weighted by Crippen LogP contribution is -2.18. The summed E-state index contributed by atoms with van der Waals surface area (Å²) >= 11 is 0. The van der Waals surface area contributed by atoms with Crippen LogP contribution in [0.4, 0.5) is 0 Å². The molecule has 0 aliphatic carbocycles. The van der Waals surface area contributed by atoms with E-state index in [-0.39, 0.29) is 6.04 Å². The predicted octanol–water partition coefficient (Wildman–Crippen LogP) is 4.12. The molecule has 0 saturated heterocycles. The van der Waals surface area contributed by atoms with Gasteiger partial charge in [0.2, 0.25) is 0 Å². The molecule has 1 N–H and O–H groups in total. The highest BCUT2D eigenvalue weighted by atomic mass is 16.5. The average molecular weight is 305 g/mol. The molecule has 0 spiro atoms. The molecule has 2 aromatic heterocycles. The van der Waals surface area contributed by atoms with Crippen LogP contribution in [0.3, 0.4) is 0 Å². The van der Waals surface area contributed by atoms with Gasteiger partial charge in [0, 0.05) is 36.7 Å². The Bertz CT molecular complexity index is 732. The van der Waals surface area contributed by atoms with Crippen molar-refractivity contribution in [3.05, 3.63) is 84.4 Å². The van der Waals surface area contributed by atoms with Crippen LogP contribution in [-0.2, 0) is 6.54 Å². The van der Waals surface area contributed by atoms with Gasteiger partial charge in [-0.1, -0.05) is 18.2 Å². The zero-order valence-electron chi connectivity index (χ0n) is 13.0. The van der Waals surface area contributed by atoms with E-state index < -0.39 is 0 Å². The van der Waals surface area contributed by atoms with Crippen LogP contribution in [0, 0.1) is 0 Å². The first kappa shape index (κ1) is 15.2. The molecule has 23 heavy (non-hydrogen) atoms. The first-order valence-corrected chi connectivity index (χ1v) is 7.62. The molecule has 0 fully saturated rings. The molecule has 3 aromatic rings. The summed E-state index contributed by atoms with van der Waals surface area (Å²) in [4.78, 5) is 8.13. The summed E-state index contributed by atoms with van der Waals surface area (Å²) in [6.45, 7) is 2.86. The molecule has 0 saturated carbocycles. The Balaban J connectivity index is 1.68. The summed E-state index contributed by atoms with van der Waals surface area (Å²) in [5.41, 5.74) is 2.32. The number of aromatic nitrogens is 2. The van der Waals surface area contributed by atoms with E-state index in [4.69, 9.17) is 4.74 Å². The molecule has 1 unspecified atom stereocenters. The highest BCUT2D eigenvalue weighted by molar-refractivity contribution is 5.37. The van der Waals surface area contributed by atoms with Crippen LogP contribution in [0.25, 0.3) is 0 Å². The lowest BCUT2D eigenvalue weighted by Gasteiger charge is -2.16. The second-order valence-electron chi connectivity index (χ2n) is 5.28. The van der Waals surface area contributed by atoms with Crippen molar-refractivity contribution in [2.24, 2.45) is 0 Å². The molecule has 4 nitrogen and oxygen atoms in total. The monoisotopic (exact) mass is 305 g/mol. The van der Waals surface area contributed by atoms with Gasteiger partial charge in [0.15, 0.2) is 0 Å². The van der Waals surface area contributed by atoms with Crippen LogP contribution in [0.15, 0.2) is 73.3 Å². The van der Waals surface area contributed by atoms with Gasteiger partial charge in [0.1, 0.15) is 11.5 Å². The minimum atomic E-state index is 0.240. The molecule has 0 aliphatic heterocycles. The summed E-state index contributed by atoms with van der Waals surface area (Å²) in [5, 5.41) is 3.52. The van der Waals surface area contributed by atoms with E-state index in [2.05, 4.69) is 28.3 Å². The second kappa shape index (κ2) is 7.51. The molecule has 116 valence electrons. The third kappa shape index (κ3) is 4.14. The molecule has 0 radical (unpaired) electrons. The highest BCUT2D eigenvalue weighted by Gasteiger charge is 2.08. The van der Waals surface area contributed by atoms with E-state index in [9.17, 15) is 0 Å². The quantitative estimate of drug-likeness (QED) is 0.744. The van der Waals surface area contributed by atoms with Crippen molar-refractivity contribution >= 4 is 0 Å². The lowest BCUT2D eigenvalue weighted by molar-refractivity contribution is 0.466. The van der Waals surface area contributed by atoms with Crippen LogP contribution >= 0.6 is 0 Å². The maximum Gasteiger partial charge on any atom is 0.145 e. The van der Waals surface area contributed by atoms with Gasteiger partial charge in [-0.25, -0.2) is 0 Å². The Morgan fingerprint density at radius 2 is 1.78 bits per heavy atom. The van der Waals surface area contributed by atoms with Gasteiger partial charge in [0.25, 0.3) is 0 Å². The number of pyridine rings is 2. The van der Waals surface area contributed by atoms with E-state index in [1.54, 1.807) is 12.4 Å². The first-order valence-electron chi connectivity index (χ1n) is 7.62. The standard InChI is InChI=1S/C19H19N3O/c1-15(16-8-11-20-12-9-16)22-13-17-5-2-3-7-19(17)23-18-6-4-10-21-14-18/h2-12,14-15,22H,13H2,1H3. The first-order chi connectivity index (χ1) is 11.3. The molecule has 0 aliphatic rings. The summed E-state index contributed by atoms with van der Waals surface area (Å²) in [6.07, 6.45) is 7.07. The molecular formula is C19H19N3O. The van der Waals surface area contributed by atoms with Gasteiger partial charge >= 0.3 is 0 Å². The van der Waals surface area contributed by atoms with Crippen molar-refractivity contribution in [3.8, 4) is 11.5 Å². The van der Waals surface area contributed by atoms with Crippen LogP contribution in [-0.4, -0.2) is 9.97 Å². The number of para-hydroxylation sites is 1. The molecule has 4 heteroatoms. The summed E-state index contributed by atoms with van der Waals surface area (Å²) in [5.74, 6) is 1.58. The van der Waals surface area contributed by atoms with Crippen molar-refractivity contribution in [2.45, 2.75) is 19.5 Å². The van der Waals surface area contributed by atoms with Crippen molar-refractivity contribution in [3.63, 3.8) is 0 Å². The number of nitrogens with one attached hydrogen (secondary N) is 1. The van der Waals surface area contributed by atoms with Gasteiger partial charge in [-0.05, 0) is 42.8 Å². The van der Waals surface area contributed by atoms with Crippen LogP contribution in [0.1, 0.15) is 24.1 Å². The third-order valence-corrected chi connectivity index (χ3v) is 3.64. The number of hydrogen-bond acceptors (Lipinski definition) is 4. The average Bonchev–Trinajstić information content (AvgIpc) is 2.62. The fourth-order valence-corrected chi connectivity index (χ4v) is 2.32. The molecule has 0 amide bonds. The largest absolute Gasteiger partial charge is 0.455 e. The third-order valence-electron chi connectivity index (χ3n) is 3.64. The maximum absolute atomic E-state index is 5.93. The van der Waals surface area contributed by atoms with E-state index in [0.717, 1.165) is 23.6 Å².